The average Bonchev–Trinajstić information content (AvgIpc) is 2.29. The van der Waals surface area contributed by atoms with Gasteiger partial charge in [0.25, 0.3) is 0 Å². The van der Waals surface area contributed by atoms with Crippen molar-refractivity contribution in [1.29, 1.82) is 0 Å². The second-order valence-corrected chi connectivity index (χ2v) is 13.7. The van der Waals surface area contributed by atoms with Gasteiger partial charge in [0, 0.05) is 30.1 Å². The van der Waals surface area contributed by atoms with Crippen LogP contribution < -0.4 is 0 Å². The number of hydrogen-bond donors (Lipinski definition) is 0. The predicted molar refractivity (Wildman–Crippen MR) is 97.7 cm³/mol. The highest BCUT2D eigenvalue weighted by molar-refractivity contribution is 6.77. The summed E-state index contributed by atoms with van der Waals surface area (Å²) in [6.07, 6.45) is 2.01. The third-order valence-corrected chi connectivity index (χ3v) is 10.6. The van der Waals surface area contributed by atoms with Crippen molar-refractivity contribution in [1.82, 2.24) is 0 Å². The molecule has 0 saturated carbocycles. The molecule has 0 fully saturated rings. The number of rotatable bonds is 10. The highest BCUT2D eigenvalue weighted by Crippen LogP contribution is 2.24. The highest BCUT2D eigenvalue weighted by Gasteiger charge is 2.40. The lowest BCUT2D eigenvalue weighted by atomic mass is 10.2. The molecule has 0 N–H and O–H groups in total. The lowest BCUT2D eigenvalue weighted by Crippen LogP contribution is -2.49. The lowest BCUT2D eigenvalue weighted by molar-refractivity contribution is 0.0339. The van der Waals surface area contributed by atoms with Crippen molar-refractivity contribution < 1.29 is 17.7 Å². The minimum absolute atomic E-state index is 0.201. The van der Waals surface area contributed by atoms with Crippen LogP contribution in [0.3, 0.4) is 0 Å². The van der Waals surface area contributed by atoms with E-state index in [1.165, 1.54) is 0 Å². The summed E-state index contributed by atoms with van der Waals surface area (Å²) < 4.78 is 24.8. The van der Waals surface area contributed by atoms with Crippen molar-refractivity contribution in [2.45, 2.75) is 91.6 Å². The average molecular weight is 351 g/mol. The van der Waals surface area contributed by atoms with Gasteiger partial charge >= 0.3 is 17.8 Å². The predicted octanol–water partition coefficient (Wildman–Crippen LogP) is 4.30. The van der Waals surface area contributed by atoms with Crippen molar-refractivity contribution in [2.75, 3.05) is 13.2 Å². The van der Waals surface area contributed by atoms with Crippen LogP contribution in [-0.2, 0) is 17.7 Å². The smallest absolute Gasteiger partial charge is 0.336 e. The van der Waals surface area contributed by atoms with E-state index in [9.17, 15) is 0 Å². The van der Waals surface area contributed by atoms with Gasteiger partial charge < -0.3 is 17.7 Å². The van der Waals surface area contributed by atoms with E-state index in [-0.39, 0.29) is 11.2 Å². The second kappa shape index (κ2) is 9.54. The van der Waals surface area contributed by atoms with Crippen LogP contribution in [0.1, 0.15) is 68.2 Å². The fourth-order valence-electron chi connectivity index (χ4n) is 1.99. The van der Waals surface area contributed by atoms with Crippen LogP contribution in [0.15, 0.2) is 0 Å². The van der Waals surface area contributed by atoms with Gasteiger partial charge in [-0.05, 0) is 60.9 Å². The van der Waals surface area contributed by atoms with Crippen LogP contribution in [0.5, 0.6) is 0 Å². The SMILES string of the molecule is CCCO[Si](C)(C[SiH](OC(C)(C)C)OC(C)(C)C)OCCC. The van der Waals surface area contributed by atoms with Gasteiger partial charge in [-0.1, -0.05) is 13.8 Å². The molecule has 0 aliphatic rings. The van der Waals surface area contributed by atoms with Crippen molar-refractivity contribution in [3.63, 3.8) is 0 Å². The third-order valence-electron chi connectivity index (χ3n) is 2.73. The fourth-order valence-corrected chi connectivity index (χ4v) is 9.01. The molecular weight excluding hydrogens is 312 g/mol. The molecule has 4 nitrogen and oxygen atoms in total. The van der Waals surface area contributed by atoms with Crippen LogP contribution in [-0.4, -0.2) is 42.3 Å². The summed E-state index contributed by atoms with van der Waals surface area (Å²) >= 11 is 0. The molecule has 0 radical (unpaired) electrons. The summed E-state index contributed by atoms with van der Waals surface area (Å²) in [6, 6.07) is 0. The van der Waals surface area contributed by atoms with Gasteiger partial charge in [-0.25, -0.2) is 0 Å². The minimum Gasteiger partial charge on any atom is -0.394 e. The maximum atomic E-state index is 6.26. The Labute approximate surface area is 141 Å². The lowest BCUT2D eigenvalue weighted by Gasteiger charge is -2.36. The molecule has 134 valence electrons. The monoisotopic (exact) mass is 350 g/mol. The van der Waals surface area contributed by atoms with Gasteiger partial charge in [0.2, 0.25) is 0 Å². The van der Waals surface area contributed by atoms with Crippen LogP contribution in [0.2, 0.25) is 12.2 Å². The first-order valence-electron chi connectivity index (χ1n) is 8.54. The first-order valence-corrected chi connectivity index (χ1v) is 12.8. The molecule has 0 atom stereocenters. The summed E-state index contributed by atoms with van der Waals surface area (Å²) in [5.74, 6) is 0. The Balaban J connectivity index is 4.98. The Kier molecular flexibility index (Phi) is 9.66. The molecule has 0 aliphatic carbocycles. The molecular formula is C16H38O4Si2. The van der Waals surface area contributed by atoms with Gasteiger partial charge in [0.1, 0.15) is 0 Å². The molecule has 0 unspecified atom stereocenters. The van der Waals surface area contributed by atoms with Crippen molar-refractivity contribution in [2.24, 2.45) is 0 Å². The Morgan fingerprint density at radius 3 is 1.41 bits per heavy atom. The van der Waals surface area contributed by atoms with Crippen LogP contribution in [0.4, 0.5) is 0 Å². The zero-order valence-electron chi connectivity index (χ0n) is 16.2. The fraction of sp³-hybridized carbons (Fsp3) is 1.00. The molecule has 22 heavy (non-hydrogen) atoms. The summed E-state index contributed by atoms with van der Waals surface area (Å²) in [6.45, 7) is 20.4. The zero-order chi connectivity index (χ0) is 17.4. The van der Waals surface area contributed by atoms with Gasteiger partial charge in [-0.15, -0.1) is 0 Å². The minimum atomic E-state index is -2.24. The van der Waals surface area contributed by atoms with Gasteiger partial charge in [-0.3, -0.25) is 0 Å². The van der Waals surface area contributed by atoms with Gasteiger partial charge in [0.15, 0.2) is 0 Å². The van der Waals surface area contributed by atoms with Gasteiger partial charge in [-0.2, -0.15) is 0 Å². The van der Waals surface area contributed by atoms with Gasteiger partial charge in [0.05, 0.1) is 0 Å². The van der Waals surface area contributed by atoms with E-state index in [0.29, 0.717) is 0 Å². The molecule has 0 bridgehead atoms. The summed E-state index contributed by atoms with van der Waals surface area (Å²) in [5, 5.41) is 0. The molecule has 0 aromatic carbocycles. The van der Waals surface area contributed by atoms with Crippen molar-refractivity contribution in [3.05, 3.63) is 0 Å². The van der Waals surface area contributed by atoms with E-state index in [0.717, 1.165) is 31.7 Å². The molecule has 0 heterocycles. The highest BCUT2D eigenvalue weighted by atomic mass is 28.4. The maximum Gasteiger partial charge on any atom is 0.336 e. The Bertz CT molecular complexity index is 274. The van der Waals surface area contributed by atoms with E-state index in [4.69, 9.17) is 17.7 Å². The molecule has 0 saturated heterocycles. The van der Waals surface area contributed by atoms with Crippen molar-refractivity contribution in [3.8, 4) is 0 Å². The molecule has 0 aromatic rings. The maximum absolute atomic E-state index is 6.26. The van der Waals surface area contributed by atoms with Crippen molar-refractivity contribution >= 4 is 17.8 Å². The first kappa shape index (κ1) is 22.3. The third kappa shape index (κ3) is 11.8. The summed E-state index contributed by atoms with van der Waals surface area (Å²) in [7, 11) is -4.12. The molecule has 0 spiro atoms. The Morgan fingerprint density at radius 1 is 0.773 bits per heavy atom. The first-order chi connectivity index (χ1) is 9.91. The van der Waals surface area contributed by atoms with E-state index in [2.05, 4.69) is 61.9 Å². The quantitative estimate of drug-likeness (QED) is 0.550. The molecule has 0 amide bonds. The molecule has 0 rings (SSSR count). The standard InChI is InChI=1S/C16H38O4Si2/c1-10-12-17-22(9,18-13-11-2)14-21(19-15(3,4)5)20-16(6,7)8/h21H,10-14H2,1-9H3. The number of hydrogen-bond acceptors (Lipinski definition) is 4. The zero-order valence-corrected chi connectivity index (χ0v) is 18.4. The normalized spacial score (nSPS) is 13.9. The molecule has 6 heteroatoms. The largest absolute Gasteiger partial charge is 0.394 e. The van der Waals surface area contributed by atoms with Crippen LogP contribution >= 0.6 is 0 Å². The van der Waals surface area contributed by atoms with E-state index < -0.39 is 17.8 Å². The summed E-state index contributed by atoms with van der Waals surface area (Å²) in [5.41, 5.74) is 0.418. The Hall–Kier alpha value is 0.274. The van der Waals surface area contributed by atoms with Crippen LogP contribution in [0.25, 0.3) is 0 Å². The topological polar surface area (TPSA) is 36.9 Å². The Morgan fingerprint density at radius 2 is 1.14 bits per heavy atom. The van der Waals surface area contributed by atoms with Crippen LogP contribution in [0, 0.1) is 0 Å². The van der Waals surface area contributed by atoms with E-state index >= 15 is 0 Å². The second-order valence-electron chi connectivity index (χ2n) is 7.92. The van der Waals surface area contributed by atoms with E-state index in [1.807, 2.05) is 0 Å². The molecule has 0 aliphatic heterocycles. The molecule has 0 aromatic heterocycles. The van der Waals surface area contributed by atoms with E-state index in [1.54, 1.807) is 0 Å². The summed E-state index contributed by atoms with van der Waals surface area (Å²) in [4.78, 5) is 0.